The van der Waals surface area contributed by atoms with Crippen molar-refractivity contribution in [1.82, 2.24) is 0 Å². The van der Waals surface area contributed by atoms with Gasteiger partial charge in [-0.15, -0.1) is 0 Å². The molecule has 1 aromatic rings. The van der Waals surface area contributed by atoms with Gasteiger partial charge >= 0.3 is 208 Å². The Morgan fingerprint density at radius 3 is 1.65 bits per heavy atom. The van der Waals surface area contributed by atoms with Crippen molar-refractivity contribution in [3.8, 4) is 0 Å². The molecule has 1 unspecified atom stereocenters. The fraction of sp³-hybridized carbons (Fsp3) is 0.655. The first kappa shape index (κ1) is 36.7. The Kier molecular flexibility index (Phi) is 17.6. The fourth-order valence-corrected chi connectivity index (χ4v) is 9.78. The molecule has 1 aliphatic carbocycles. The topological polar surface area (TPSA) is 0 Å². The quantitative estimate of drug-likeness (QED) is 0.235. The van der Waals surface area contributed by atoms with E-state index in [1.807, 2.05) is 0 Å². The van der Waals surface area contributed by atoms with Crippen LogP contribution in [0.5, 0.6) is 0 Å². The minimum Gasteiger partial charge on any atom is -1.00 e. The molecule has 1 aliphatic rings. The summed E-state index contributed by atoms with van der Waals surface area (Å²) in [5.74, 6) is 0. The molecule has 0 amide bonds. The molecule has 0 aromatic heterocycles. The van der Waals surface area contributed by atoms with Crippen LogP contribution >= 0.6 is 0 Å². The fourth-order valence-electron chi connectivity index (χ4n) is 5.05. The van der Waals surface area contributed by atoms with Gasteiger partial charge < -0.3 is 37.2 Å². The number of halogens is 3. The Hall–Kier alpha value is 0.501. The van der Waals surface area contributed by atoms with E-state index >= 15 is 0 Å². The van der Waals surface area contributed by atoms with E-state index in [4.69, 9.17) is 0 Å². The largest absolute Gasteiger partial charge is 1.00 e. The van der Waals surface area contributed by atoms with Crippen LogP contribution in [0.15, 0.2) is 42.0 Å². The molecule has 0 radical (unpaired) electrons. The average molecular weight is 578 g/mol. The van der Waals surface area contributed by atoms with Gasteiger partial charge in [-0.05, 0) is 0 Å². The first-order chi connectivity index (χ1) is 14.6. The van der Waals surface area contributed by atoms with E-state index in [-0.39, 0.29) is 46.0 Å². The Morgan fingerprint density at radius 1 is 0.765 bits per heavy atom. The Bertz CT molecular complexity index is 750. The van der Waals surface area contributed by atoms with Crippen molar-refractivity contribution in [1.29, 1.82) is 0 Å². The second-order valence-electron chi connectivity index (χ2n) is 11.3. The van der Waals surface area contributed by atoms with Crippen LogP contribution in [0.4, 0.5) is 0 Å². The molecule has 2 rings (SSSR count). The molecule has 5 heteroatoms. The van der Waals surface area contributed by atoms with Gasteiger partial charge in [-0.3, -0.25) is 0 Å². The van der Waals surface area contributed by atoms with Gasteiger partial charge in [-0.25, -0.2) is 0 Å². The van der Waals surface area contributed by atoms with Crippen molar-refractivity contribution in [3.05, 3.63) is 53.1 Å². The number of allylic oxidation sites excluding steroid dienone is 4. The van der Waals surface area contributed by atoms with Crippen LogP contribution in [-0.2, 0) is 33.3 Å². The van der Waals surface area contributed by atoms with Crippen molar-refractivity contribution >= 4 is 13.3 Å². The molecule has 0 aliphatic heterocycles. The maximum absolute atomic E-state index is 2.61. The number of unbranched alkanes of at least 4 members (excludes halogenated alkanes) is 6. The SMILES string of the molecule is CCCCCCc1cc(CCCCCC)cc([Si](C)(C)[C]2([Ti+3])C=CC=C2C(C)(C)C)c1.[Cl-].[Cl-].[Cl-]. The smallest absolute Gasteiger partial charge is 1.00 e. The number of hydrogen-bond acceptors (Lipinski definition) is 0. The molecule has 0 fully saturated rings. The van der Waals surface area contributed by atoms with Crippen LogP contribution in [0.3, 0.4) is 0 Å². The molecular weight excluding hydrogens is 531 g/mol. The van der Waals surface area contributed by atoms with Gasteiger partial charge in [0.15, 0.2) is 0 Å². The van der Waals surface area contributed by atoms with Crippen molar-refractivity contribution in [2.24, 2.45) is 5.41 Å². The summed E-state index contributed by atoms with van der Waals surface area (Å²) in [7, 11) is -1.77. The van der Waals surface area contributed by atoms with E-state index in [1.165, 1.54) is 64.2 Å². The molecule has 192 valence electrons. The Balaban J connectivity index is 0. The summed E-state index contributed by atoms with van der Waals surface area (Å²) in [5, 5.41) is 1.66. The Morgan fingerprint density at radius 2 is 1.24 bits per heavy atom. The summed E-state index contributed by atoms with van der Waals surface area (Å²) in [6.07, 6.45) is 20.5. The van der Waals surface area contributed by atoms with E-state index < -0.39 is 8.07 Å². The van der Waals surface area contributed by atoms with Crippen LogP contribution in [0.2, 0.25) is 16.4 Å². The molecule has 0 saturated carbocycles. The third-order valence-electron chi connectivity index (χ3n) is 7.24. The monoisotopic (exact) mass is 576 g/mol. The van der Waals surface area contributed by atoms with E-state index in [2.05, 4.69) is 105 Å². The van der Waals surface area contributed by atoms with Crippen LogP contribution in [0.1, 0.15) is 97.1 Å². The predicted octanol–water partition coefficient (Wildman–Crippen LogP) is -0.353. The van der Waals surface area contributed by atoms with E-state index in [1.54, 1.807) is 21.9 Å². The molecule has 0 spiro atoms. The zero-order valence-corrected chi connectivity index (χ0v) is 27.5. The maximum Gasteiger partial charge on any atom is -1.00 e. The van der Waals surface area contributed by atoms with Gasteiger partial charge in [0, 0.05) is 0 Å². The summed E-state index contributed by atoms with van der Waals surface area (Å²) >= 11 is 2.52. The Labute approximate surface area is 243 Å². The number of benzene rings is 1. The third kappa shape index (κ3) is 9.42. The first-order valence-electron chi connectivity index (χ1n) is 12.8. The zero-order chi connectivity index (χ0) is 23.1. The van der Waals surface area contributed by atoms with Gasteiger partial charge in [0.2, 0.25) is 0 Å². The summed E-state index contributed by atoms with van der Waals surface area (Å²) < 4.78 is 0.186. The average Bonchev–Trinajstić information content (AvgIpc) is 3.12. The van der Waals surface area contributed by atoms with E-state index in [0.29, 0.717) is 0 Å². The van der Waals surface area contributed by atoms with Gasteiger partial charge in [0.1, 0.15) is 0 Å². The van der Waals surface area contributed by atoms with Gasteiger partial charge in [0.05, 0.1) is 0 Å². The normalized spacial score (nSPS) is 17.5. The van der Waals surface area contributed by atoms with Crippen LogP contribution < -0.4 is 42.4 Å². The van der Waals surface area contributed by atoms with Gasteiger partial charge in [0.25, 0.3) is 0 Å². The van der Waals surface area contributed by atoms with Crippen molar-refractivity contribution in [3.63, 3.8) is 0 Å². The summed E-state index contributed by atoms with van der Waals surface area (Å²) in [6, 6.07) is 7.75. The van der Waals surface area contributed by atoms with E-state index in [9.17, 15) is 0 Å². The standard InChI is InChI=1S/C29H47Si.3ClH.Ti/c1-8-10-12-14-17-24-21-25(18-15-13-11-9-2)23-26(22-24)30(6,7)28-20-16-19-27(28)29(3,4)5;;;;/h16,19-23H,8-15,17-18H2,1-7H3;3*1H;/q;;;;+3/p-3. The third-order valence-corrected chi connectivity index (χ3v) is 15.0. The maximum atomic E-state index is 2.61. The van der Waals surface area contributed by atoms with Gasteiger partial charge in [-0.2, -0.15) is 0 Å². The molecule has 0 N–H and O–H groups in total. The second kappa shape index (κ2) is 16.4. The van der Waals surface area contributed by atoms with Gasteiger partial charge in [-0.1, -0.05) is 0 Å². The minimum absolute atomic E-state index is 0. The molecule has 0 bridgehead atoms. The minimum atomic E-state index is -1.77. The molecule has 1 atom stereocenters. The number of hydrogen-bond donors (Lipinski definition) is 0. The summed E-state index contributed by atoms with van der Waals surface area (Å²) in [5.41, 5.74) is 5.01. The van der Waals surface area contributed by atoms with Crippen molar-refractivity contribution in [2.75, 3.05) is 0 Å². The van der Waals surface area contributed by atoms with Crippen molar-refractivity contribution < 1.29 is 57.7 Å². The van der Waals surface area contributed by atoms with Crippen molar-refractivity contribution in [2.45, 2.75) is 115 Å². The molecule has 1 aromatic carbocycles. The first-order valence-corrected chi connectivity index (χ1v) is 16.6. The van der Waals surface area contributed by atoms with E-state index in [0.717, 1.165) is 0 Å². The predicted molar refractivity (Wildman–Crippen MR) is 139 cm³/mol. The molecule has 0 heterocycles. The number of rotatable bonds is 12. The molecule has 0 saturated heterocycles. The zero-order valence-electron chi connectivity index (χ0n) is 22.7. The molecular formula is C29H47Cl3SiTi. The second-order valence-corrected chi connectivity index (χ2v) is 17.9. The molecule has 0 nitrogen and oxygen atoms in total. The number of aryl methyl sites for hydroxylation is 2. The molecule has 34 heavy (non-hydrogen) atoms. The van der Waals surface area contributed by atoms with Crippen LogP contribution in [0.25, 0.3) is 0 Å². The summed E-state index contributed by atoms with van der Waals surface area (Å²) in [6.45, 7) is 17.0. The van der Waals surface area contributed by atoms with Crippen LogP contribution in [0, 0.1) is 5.41 Å². The van der Waals surface area contributed by atoms with Crippen LogP contribution in [-0.4, -0.2) is 8.07 Å². The summed E-state index contributed by atoms with van der Waals surface area (Å²) in [4.78, 5) is 0.